The molecular weight excluding hydrogens is 290 g/mol. The molecule has 0 aliphatic carbocycles. The molecule has 0 bridgehead atoms. The summed E-state index contributed by atoms with van der Waals surface area (Å²) in [6.07, 6.45) is 1.51. The number of halogens is 1. The Morgan fingerprint density at radius 3 is 2.19 bits per heavy atom. The van der Waals surface area contributed by atoms with Gasteiger partial charge in [0.25, 0.3) is 0 Å². The van der Waals surface area contributed by atoms with E-state index in [0.29, 0.717) is 22.2 Å². The van der Waals surface area contributed by atoms with Crippen LogP contribution in [-0.4, -0.2) is 25.7 Å². The predicted octanol–water partition coefficient (Wildman–Crippen LogP) is 3.34. The maximum atomic E-state index is 10.8. The number of carbonyl (C=O) groups is 2. The molecule has 0 fully saturated rings. The van der Waals surface area contributed by atoms with Gasteiger partial charge in [0.05, 0.1) is 18.8 Å². The average molecular weight is 304 g/mol. The fourth-order valence-electron chi connectivity index (χ4n) is 1.89. The van der Waals surface area contributed by atoms with Gasteiger partial charge in [-0.15, -0.1) is 0 Å². The maximum Gasteiger partial charge on any atom is 0.150 e. The summed E-state index contributed by atoms with van der Waals surface area (Å²) in [4.78, 5) is 23.2. The summed E-state index contributed by atoms with van der Waals surface area (Å²) < 4.78 is 5.81. The highest BCUT2D eigenvalue weighted by Crippen LogP contribution is 2.32. The third-order valence-electron chi connectivity index (χ3n) is 2.84. The van der Waals surface area contributed by atoms with Crippen molar-refractivity contribution in [1.82, 2.24) is 0 Å². The standard InChI is InChI=1S/C16H14ClNO3/c17-13-5-7-14(8-6-13)21-16-4-2-1-3-15(16)18(9-11-19)10-12-20/h1-8,11-12H,9-10H2. The van der Waals surface area contributed by atoms with Gasteiger partial charge >= 0.3 is 0 Å². The quantitative estimate of drug-likeness (QED) is 0.736. The SMILES string of the molecule is O=CCN(CC=O)c1ccccc1Oc1ccc(Cl)cc1. The molecule has 0 aromatic heterocycles. The minimum absolute atomic E-state index is 0.125. The molecule has 2 rings (SSSR count). The lowest BCUT2D eigenvalue weighted by atomic mass is 10.2. The predicted molar refractivity (Wildman–Crippen MR) is 82.3 cm³/mol. The maximum absolute atomic E-state index is 10.8. The molecule has 5 heteroatoms. The molecule has 0 spiro atoms. The molecule has 0 amide bonds. The van der Waals surface area contributed by atoms with E-state index in [0.717, 1.165) is 12.6 Å². The Bertz CT molecular complexity index is 603. The van der Waals surface area contributed by atoms with Crippen molar-refractivity contribution in [2.45, 2.75) is 0 Å². The number of para-hydroxylation sites is 2. The zero-order chi connectivity index (χ0) is 15.1. The van der Waals surface area contributed by atoms with Crippen molar-refractivity contribution in [3.8, 4) is 11.5 Å². The highest BCUT2D eigenvalue weighted by molar-refractivity contribution is 6.30. The monoisotopic (exact) mass is 303 g/mol. The fourth-order valence-corrected chi connectivity index (χ4v) is 2.01. The first kappa shape index (κ1) is 15.1. The van der Waals surface area contributed by atoms with E-state index in [-0.39, 0.29) is 13.1 Å². The summed E-state index contributed by atoms with van der Waals surface area (Å²) in [6.45, 7) is 0.249. The van der Waals surface area contributed by atoms with E-state index in [9.17, 15) is 9.59 Å². The van der Waals surface area contributed by atoms with Gasteiger partial charge in [-0.1, -0.05) is 23.7 Å². The summed E-state index contributed by atoms with van der Waals surface area (Å²) in [7, 11) is 0. The molecule has 0 saturated carbocycles. The van der Waals surface area contributed by atoms with Crippen LogP contribution >= 0.6 is 11.6 Å². The van der Waals surface area contributed by atoms with E-state index in [1.807, 2.05) is 12.1 Å². The van der Waals surface area contributed by atoms with Gasteiger partial charge in [-0.2, -0.15) is 0 Å². The lowest BCUT2D eigenvalue weighted by Gasteiger charge is -2.22. The molecule has 4 nitrogen and oxygen atoms in total. The zero-order valence-electron chi connectivity index (χ0n) is 11.2. The minimum atomic E-state index is 0.125. The van der Waals surface area contributed by atoms with Crippen molar-refractivity contribution in [2.24, 2.45) is 0 Å². The number of hydrogen-bond acceptors (Lipinski definition) is 4. The van der Waals surface area contributed by atoms with Crippen molar-refractivity contribution in [3.63, 3.8) is 0 Å². The van der Waals surface area contributed by atoms with E-state index in [1.165, 1.54) is 0 Å². The molecule has 0 atom stereocenters. The van der Waals surface area contributed by atoms with Crippen molar-refractivity contribution >= 4 is 29.9 Å². The van der Waals surface area contributed by atoms with Gasteiger partial charge in [0.1, 0.15) is 18.3 Å². The number of rotatable bonds is 7. The number of ether oxygens (including phenoxy) is 1. The van der Waals surface area contributed by atoms with Crippen LogP contribution in [0.1, 0.15) is 0 Å². The van der Waals surface area contributed by atoms with Gasteiger partial charge in [0.15, 0.2) is 5.75 Å². The lowest BCUT2D eigenvalue weighted by Crippen LogP contribution is -2.27. The van der Waals surface area contributed by atoms with Crippen LogP contribution in [0.15, 0.2) is 48.5 Å². The number of aldehydes is 2. The lowest BCUT2D eigenvalue weighted by molar-refractivity contribution is -0.107. The van der Waals surface area contributed by atoms with Gasteiger partial charge in [-0.3, -0.25) is 0 Å². The Morgan fingerprint density at radius 2 is 1.57 bits per heavy atom. The molecule has 2 aromatic carbocycles. The van der Waals surface area contributed by atoms with E-state index in [1.54, 1.807) is 41.3 Å². The van der Waals surface area contributed by atoms with Crippen LogP contribution in [0.4, 0.5) is 5.69 Å². The summed E-state index contributed by atoms with van der Waals surface area (Å²) >= 11 is 5.84. The van der Waals surface area contributed by atoms with Crippen LogP contribution in [0.2, 0.25) is 5.02 Å². The van der Waals surface area contributed by atoms with E-state index in [2.05, 4.69) is 0 Å². The topological polar surface area (TPSA) is 46.6 Å². The average Bonchev–Trinajstić information content (AvgIpc) is 2.50. The molecule has 108 valence electrons. The molecule has 2 aromatic rings. The van der Waals surface area contributed by atoms with E-state index in [4.69, 9.17) is 16.3 Å². The smallest absolute Gasteiger partial charge is 0.150 e. The first-order chi connectivity index (χ1) is 10.2. The molecule has 0 heterocycles. The number of carbonyl (C=O) groups excluding carboxylic acids is 2. The molecule has 0 aliphatic heterocycles. The molecule has 0 unspecified atom stereocenters. The fraction of sp³-hybridized carbons (Fsp3) is 0.125. The Kier molecular flexibility index (Phi) is 5.35. The van der Waals surface area contributed by atoms with Crippen molar-refractivity contribution in [2.75, 3.05) is 18.0 Å². The van der Waals surface area contributed by atoms with Gasteiger partial charge < -0.3 is 19.2 Å². The molecule has 0 aliphatic rings. The number of nitrogens with zero attached hydrogens (tertiary/aromatic N) is 1. The largest absolute Gasteiger partial charge is 0.455 e. The molecule has 0 radical (unpaired) electrons. The van der Waals surface area contributed by atoms with E-state index >= 15 is 0 Å². The number of anilines is 1. The van der Waals surface area contributed by atoms with Crippen LogP contribution in [0.25, 0.3) is 0 Å². The summed E-state index contributed by atoms with van der Waals surface area (Å²) in [6, 6.07) is 14.2. The Morgan fingerprint density at radius 1 is 0.952 bits per heavy atom. The van der Waals surface area contributed by atoms with Crippen LogP contribution in [0, 0.1) is 0 Å². The Hall–Kier alpha value is -2.33. The molecular formula is C16H14ClNO3. The number of benzene rings is 2. The van der Waals surface area contributed by atoms with Crippen molar-refractivity contribution in [3.05, 3.63) is 53.6 Å². The van der Waals surface area contributed by atoms with Gasteiger partial charge in [0, 0.05) is 5.02 Å². The van der Waals surface area contributed by atoms with Crippen LogP contribution < -0.4 is 9.64 Å². The minimum Gasteiger partial charge on any atom is -0.455 e. The Balaban J connectivity index is 2.28. The third kappa shape index (κ3) is 4.07. The highest BCUT2D eigenvalue weighted by atomic mass is 35.5. The van der Waals surface area contributed by atoms with Crippen molar-refractivity contribution in [1.29, 1.82) is 0 Å². The third-order valence-corrected chi connectivity index (χ3v) is 3.09. The second-order valence-electron chi connectivity index (χ2n) is 4.26. The number of hydrogen-bond donors (Lipinski definition) is 0. The zero-order valence-corrected chi connectivity index (χ0v) is 12.0. The Labute approximate surface area is 127 Å². The molecule has 21 heavy (non-hydrogen) atoms. The van der Waals surface area contributed by atoms with Crippen LogP contribution in [-0.2, 0) is 9.59 Å². The highest BCUT2D eigenvalue weighted by Gasteiger charge is 2.12. The summed E-state index contributed by atoms with van der Waals surface area (Å²) in [5.41, 5.74) is 0.687. The second kappa shape index (κ2) is 7.45. The molecule has 0 N–H and O–H groups in total. The second-order valence-corrected chi connectivity index (χ2v) is 4.70. The van der Waals surface area contributed by atoms with Gasteiger partial charge in [-0.25, -0.2) is 0 Å². The van der Waals surface area contributed by atoms with E-state index < -0.39 is 0 Å². The normalized spacial score (nSPS) is 9.95. The summed E-state index contributed by atoms with van der Waals surface area (Å²) in [5.74, 6) is 1.20. The first-order valence-electron chi connectivity index (χ1n) is 6.39. The van der Waals surface area contributed by atoms with Gasteiger partial charge in [0.2, 0.25) is 0 Å². The summed E-state index contributed by atoms with van der Waals surface area (Å²) in [5, 5.41) is 0.624. The molecule has 0 saturated heterocycles. The van der Waals surface area contributed by atoms with Crippen LogP contribution in [0.5, 0.6) is 11.5 Å². The van der Waals surface area contributed by atoms with Gasteiger partial charge in [-0.05, 0) is 36.4 Å². The van der Waals surface area contributed by atoms with Crippen LogP contribution in [0.3, 0.4) is 0 Å². The first-order valence-corrected chi connectivity index (χ1v) is 6.77. The van der Waals surface area contributed by atoms with Crippen molar-refractivity contribution < 1.29 is 14.3 Å².